The summed E-state index contributed by atoms with van der Waals surface area (Å²) in [5, 5.41) is 0. The van der Waals surface area contributed by atoms with Crippen LogP contribution in [0.5, 0.6) is 5.75 Å². The van der Waals surface area contributed by atoms with Crippen LogP contribution in [0.4, 0.5) is 4.79 Å². The van der Waals surface area contributed by atoms with Crippen LogP contribution in [0.1, 0.15) is 12.5 Å². The van der Waals surface area contributed by atoms with E-state index < -0.39 is 6.09 Å². The largest absolute Gasteiger partial charge is 0.414 e. The van der Waals surface area contributed by atoms with Crippen molar-refractivity contribution in [3.05, 3.63) is 35.9 Å². The lowest BCUT2D eigenvalue weighted by Crippen LogP contribution is -2.25. The van der Waals surface area contributed by atoms with Crippen LogP contribution in [-0.4, -0.2) is 30.9 Å². The van der Waals surface area contributed by atoms with E-state index in [1.807, 2.05) is 6.07 Å². The molecule has 0 saturated carbocycles. The Morgan fingerprint density at radius 2 is 2.00 bits per heavy atom. The molecule has 0 bridgehead atoms. The maximum Gasteiger partial charge on any atom is 0.414 e. The van der Waals surface area contributed by atoms with Crippen LogP contribution in [0, 0.1) is 0 Å². The molecule has 0 spiro atoms. The third-order valence-corrected chi connectivity index (χ3v) is 1.94. The lowest BCUT2D eigenvalue weighted by atomic mass is 10.2. The second-order valence-electron chi connectivity index (χ2n) is 3.78. The number of ether oxygens (including phenoxy) is 1. The topological polar surface area (TPSA) is 46.6 Å². The van der Waals surface area contributed by atoms with E-state index in [4.69, 9.17) is 4.74 Å². The predicted octanol–water partition coefficient (Wildman–Crippen LogP) is 2.35. The number of carbonyl (C=O) groups excluding carboxylic acids is 2. The minimum atomic E-state index is -0.433. The Morgan fingerprint density at radius 3 is 2.59 bits per heavy atom. The van der Waals surface area contributed by atoms with E-state index in [2.05, 4.69) is 0 Å². The number of ketones is 1. The molecule has 0 aliphatic carbocycles. The van der Waals surface area contributed by atoms with Gasteiger partial charge in [0.15, 0.2) is 5.78 Å². The number of carbonyl (C=O) groups is 2. The molecule has 0 heterocycles. The smallest absolute Gasteiger partial charge is 0.410 e. The molecule has 1 aromatic rings. The molecule has 0 aliphatic rings. The predicted molar refractivity (Wildman–Crippen MR) is 65.9 cm³/mol. The van der Waals surface area contributed by atoms with Gasteiger partial charge in [0.25, 0.3) is 0 Å². The van der Waals surface area contributed by atoms with E-state index in [9.17, 15) is 9.59 Å². The minimum absolute atomic E-state index is 0.0271. The lowest BCUT2D eigenvalue weighted by Gasteiger charge is -2.10. The SMILES string of the molecule is CC(=O)/C=C/c1cccc(OC(=O)N(C)C)c1. The molecule has 0 fully saturated rings. The molecule has 0 atom stereocenters. The zero-order valence-electron chi connectivity index (χ0n) is 10.1. The summed E-state index contributed by atoms with van der Waals surface area (Å²) in [6.45, 7) is 1.48. The fraction of sp³-hybridized carbons (Fsp3) is 0.231. The molecular formula is C13H15NO3. The summed E-state index contributed by atoms with van der Waals surface area (Å²) < 4.78 is 5.09. The van der Waals surface area contributed by atoms with Gasteiger partial charge in [-0.25, -0.2) is 4.79 Å². The number of nitrogens with zero attached hydrogens (tertiary/aromatic N) is 1. The summed E-state index contributed by atoms with van der Waals surface area (Å²) in [7, 11) is 3.23. The third kappa shape index (κ3) is 4.51. The molecule has 4 heteroatoms. The lowest BCUT2D eigenvalue weighted by molar-refractivity contribution is -0.112. The summed E-state index contributed by atoms with van der Waals surface area (Å²) in [6.07, 6.45) is 2.71. The van der Waals surface area contributed by atoms with Crippen molar-refractivity contribution in [3.63, 3.8) is 0 Å². The third-order valence-electron chi connectivity index (χ3n) is 1.94. The van der Waals surface area contributed by atoms with Crippen molar-refractivity contribution >= 4 is 18.0 Å². The molecule has 0 radical (unpaired) electrons. The van der Waals surface area contributed by atoms with Crippen LogP contribution in [0.15, 0.2) is 30.3 Å². The highest BCUT2D eigenvalue weighted by molar-refractivity contribution is 5.91. The molecule has 0 aliphatic heterocycles. The molecule has 1 rings (SSSR count). The molecule has 1 amide bonds. The van der Waals surface area contributed by atoms with E-state index in [1.54, 1.807) is 38.4 Å². The van der Waals surface area contributed by atoms with E-state index in [-0.39, 0.29) is 5.78 Å². The second-order valence-corrected chi connectivity index (χ2v) is 3.78. The quantitative estimate of drug-likeness (QED) is 0.753. The normalized spacial score (nSPS) is 10.3. The number of hydrogen-bond donors (Lipinski definition) is 0. The van der Waals surface area contributed by atoms with Crippen molar-refractivity contribution < 1.29 is 14.3 Å². The van der Waals surface area contributed by atoms with Gasteiger partial charge in [-0.05, 0) is 30.7 Å². The maximum absolute atomic E-state index is 11.3. The van der Waals surface area contributed by atoms with Crippen molar-refractivity contribution in [1.82, 2.24) is 4.90 Å². The van der Waals surface area contributed by atoms with Crippen LogP contribution in [0.3, 0.4) is 0 Å². The number of allylic oxidation sites excluding steroid dienone is 1. The molecule has 90 valence electrons. The first-order valence-corrected chi connectivity index (χ1v) is 5.17. The van der Waals surface area contributed by atoms with Crippen molar-refractivity contribution in [3.8, 4) is 5.75 Å². The molecule has 0 aromatic heterocycles. The van der Waals surface area contributed by atoms with Crippen molar-refractivity contribution in [2.24, 2.45) is 0 Å². The van der Waals surface area contributed by atoms with Gasteiger partial charge in [-0.2, -0.15) is 0 Å². The Labute approximate surface area is 100 Å². The first-order valence-electron chi connectivity index (χ1n) is 5.17. The number of rotatable bonds is 3. The van der Waals surface area contributed by atoms with Crippen LogP contribution in [0.25, 0.3) is 6.08 Å². The fourth-order valence-electron chi connectivity index (χ4n) is 1.09. The first kappa shape index (κ1) is 13.0. The summed E-state index contributed by atoms with van der Waals surface area (Å²) in [5.74, 6) is 0.426. The summed E-state index contributed by atoms with van der Waals surface area (Å²) in [4.78, 5) is 23.5. The van der Waals surface area contributed by atoms with Crippen molar-refractivity contribution in [1.29, 1.82) is 0 Å². The zero-order valence-corrected chi connectivity index (χ0v) is 10.1. The van der Waals surface area contributed by atoms with Gasteiger partial charge in [0.1, 0.15) is 5.75 Å². The van der Waals surface area contributed by atoms with E-state index in [0.29, 0.717) is 5.75 Å². The van der Waals surface area contributed by atoms with Gasteiger partial charge in [0.05, 0.1) is 0 Å². The van der Waals surface area contributed by atoms with Crippen molar-refractivity contribution in [2.45, 2.75) is 6.92 Å². The highest BCUT2D eigenvalue weighted by Gasteiger charge is 2.06. The molecule has 0 N–H and O–H groups in total. The Kier molecular flexibility index (Phi) is 4.46. The standard InChI is InChI=1S/C13H15NO3/c1-10(15)7-8-11-5-4-6-12(9-11)17-13(16)14(2)3/h4-9H,1-3H3/b8-7+. The summed E-state index contributed by atoms with van der Waals surface area (Å²) in [6, 6.07) is 6.97. The Hall–Kier alpha value is -2.10. The van der Waals surface area contributed by atoms with Crippen LogP contribution < -0.4 is 4.74 Å². The highest BCUT2D eigenvalue weighted by Crippen LogP contribution is 2.15. The van der Waals surface area contributed by atoms with Gasteiger partial charge in [0, 0.05) is 14.1 Å². The molecule has 17 heavy (non-hydrogen) atoms. The first-order chi connectivity index (χ1) is 7.99. The van der Waals surface area contributed by atoms with Crippen LogP contribution in [-0.2, 0) is 4.79 Å². The molecular weight excluding hydrogens is 218 g/mol. The average Bonchev–Trinajstić information content (AvgIpc) is 2.26. The van der Waals surface area contributed by atoms with Gasteiger partial charge in [-0.1, -0.05) is 18.2 Å². The Balaban J connectivity index is 2.79. The van der Waals surface area contributed by atoms with E-state index in [1.165, 1.54) is 17.9 Å². The molecule has 0 saturated heterocycles. The van der Waals surface area contributed by atoms with Gasteiger partial charge in [0.2, 0.25) is 0 Å². The maximum atomic E-state index is 11.3. The molecule has 1 aromatic carbocycles. The van der Waals surface area contributed by atoms with Crippen LogP contribution in [0.2, 0.25) is 0 Å². The number of hydrogen-bond acceptors (Lipinski definition) is 3. The monoisotopic (exact) mass is 233 g/mol. The number of benzene rings is 1. The number of amides is 1. The summed E-state index contributed by atoms with van der Waals surface area (Å²) >= 11 is 0. The zero-order chi connectivity index (χ0) is 12.8. The highest BCUT2D eigenvalue weighted by atomic mass is 16.6. The van der Waals surface area contributed by atoms with E-state index >= 15 is 0 Å². The fourth-order valence-corrected chi connectivity index (χ4v) is 1.09. The van der Waals surface area contributed by atoms with Gasteiger partial charge < -0.3 is 9.64 Å². The molecule has 0 unspecified atom stereocenters. The van der Waals surface area contributed by atoms with Gasteiger partial charge in [-0.15, -0.1) is 0 Å². The summed E-state index contributed by atoms with van der Waals surface area (Å²) in [5.41, 5.74) is 0.809. The minimum Gasteiger partial charge on any atom is -0.410 e. The Morgan fingerprint density at radius 1 is 1.29 bits per heavy atom. The second kappa shape index (κ2) is 5.84. The van der Waals surface area contributed by atoms with Crippen LogP contribution >= 0.6 is 0 Å². The van der Waals surface area contributed by atoms with Gasteiger partial charge >= 0.3 is 6.09 Å². The molecule has 4 nitrogen and oxygen atoms in total. The average molecular weight is 233 g/mol. The van der Waals surface area contributed by atoms with E-state index in [0.717, 1.165) is 5.56 Å². The Bertz CT molecular complexity index is 450. The van der Waals surface area contributed by atoms with Crippen molar-refractivity contribution in [2.75, 3.05) is 14.1 Å². The van der Waals surface area contributed by atoms with Gasteiger partial charge in [-0.3, -0.25) is 4.79 Å².